The summed E-state index contributed by atoms with van der Waals surface area (Å²) < 4.78 is 26.5. The minimum atomic E-state index is -3.79. The Morgan fingerprint density at radius 2 is 1.69 bits per heavy atom. The molecule has 1 atom stereocenters. The van der Waals surface area contributed by atoms with Gasteiger partial charge in [-0.1, -0.05) is 42.3 Å². The monoisotopic (exact) mass is 541 g/mol. The molecule has 0 unspecified atom stereocenters. The first kappa shape index (κ1) is 28.9. The molecule has 0 heterocycles. The fraction of sp³-hybridized carbons (Fsp3) is 0.440. The van der Waals surface area contributed by atoms with Gasteiger partial charge in [-0.25, -0.2) is 8.42 Å². The maximum Gasteiger partial charge on any atom is 0.244 e. The number of rotatable bonds is 10. The van der Waals surface area contributed by atoms with E-state index in [1.54, 1.807) is 37.3 Å². The number of carbonyl (C=O) groups is 2. The molecular formula is C25H33Cl2N3O4S. The first-order chi connectivity index (χ1) is 16.2. The van der Waals surface area contributed by atoms with E-state index in [2.05, 4.69) is 5.32 Å². The van der Waals surface area contributed by atoms with Crippen LogP contribution in [0.4, 0.5) is 5.69 Å². The molecule has 192 valence electrons. The fourth-order valence-corrected chi connectivity index (χ4v) is 4.94. The van der Waals surface area contributed by atoms with Crippen LogP contribution in [-0.2, 0) is 26.2 Å². The standard InChI is InChI=1S/C25H33Cl2N3O4S/c1-7-23(25(32)28-16(2)3)29(14-19-9-10-20(26)13-22(19)27)24(31)15-30(35(6,33)34)21-11-8-17(4)18(5)12-21/h8-13,16,23H,7,14-15H2,1-6H3,(H,28,32)/t23-/m0/s1. The minimum absolute atomic E-state index is 0.0172. The third kappa shape index (κ3) is 7.85. The van der Waals surface area contributed by atoms with Crippen LogP contribution in [0.25, 0.3) is 0 Å². The van der Waals surface area contributed by atoms with Gasteiger partial charge in [-0.3, -0.25) is 13.9 Å². The number of sulfonamides is 1. The highest BCUT2D eigenvalue weighted by molar-refractivity contribution is 7.92. The lowest BCUT2D eigenvalue weighted by molar-refractivity contribution is -0.140. The van der Waals surface area contributed by atoms with Crippen LogP contribution < -0.4 is 9.62 Å². The van der Waals surface area contributed by atoms with E-state index in [1.807, 2.05) is 33.8 Å². The Morgan fingerprint density at radius 3 is 2.20 bits per heavy atom. The summed E-state index contributed by atoms with van der Waals surface area (Å²) in [7, 11) is -3.79. The number of benzene rings is 2. The van der Waals surface area contributed by atoms with Crippen LogP contribution in [-0.4, -0.2) is 50.0 Å². The van der Waals surface area contributed by atoms with Gasteiger partial charge in [0, 0.05) is 22.6 Å². The zero-order valence-corrected chi connectivity index (χ0v) is 23.3. The smallest absolute Gasteiger partial charge is 0.244 e. The number of nitrogens with one attached hydrogen (secondary N) is 1. The number of hydrogen-bond donors (Lipinski definition) is 1. The van der Waals surface area contributed by atoms with Gasteiger partial charge in [0.05, 0.1) is 11.9 Å². The Kier molecular flexibility index (Phi) is 10.0. The number of carbonyl (C=O) groups excluding carboxylic acids is 2. The molecule has 0 aliphatic carbocycles. The first-order valence-electron chi connectivity index (χ1n) is 11.3. The van der Waals surface area contributed by atoms with Crippen LogP contribution >= 0.6 is 23.2 Å². The average molecular weight is 543 g/mol. The molecule has 0 aromatic heterocycles. The molecule has 0 radical (unpaired) electrons. The normalized spacial score (nSPS) is 12.4. The van der Waals surface area contributed by atoms with Crippen molar-refractivity contribution in [2.75, 3.05) is 17.1 Å². The summed E-state index contributed by atoms with van der Waals surface area (Å²) in [6.45, 7) is 8.81. The van der Waals surface area contributed by atoms with Crippen LogP contribution in [0.1, 0.15) is 43.9 Å². The van der Waals surface area contributed by atoms with Gasteiger partial charge in [-0.05, 0) is 75.1 Å². The van der Waals surface area contributed by atoms with Gasteiger partial charge >= 0.3 is 0 Å². The molecule has 7 nitrogen and oxygen atoms in total. The van der Waals surface area contributed by atoms with E-state index in [0.717, 1.165) is 21.7 Å². The number of nitrogens with zero attached hydrogens (tertiary/aromatic N) is 2. The van der Waals surface area contributed by atoms with Crippen LogP contribution in [0.3, 0.4) is 0 Å². The van der Waals surface area contributed by atoms with Crippen LogP contribution in [0, 0.1) is 13.8 Å². The molecular weight excluding hydrogens is 509 g/mol. The first-order valence-corrected chi connectivity index (χ1v) is 13.9. The predicted molar refractivity (Wildman–Crippen MR) is 142 cm³/mol. The van der Waals surface area contributed by atoms with Crippen LogP contribution in [0.15, 0.2) is 36.4 Å². The molecule has 0 saturated heterocycles. The van der Waals surface area contributed by atoms with Crippen molar-refractivity contribution >= 4 is 50.7 Å². The van der Waals surface area contributed by atoms with E-state index in [9.17, 15) is 18.0 Å². The van der Waals surface area contributed by atoms with Gasteiger partial charge in [0.1, 0.15) is 12.6 Å². The van der Waals surface area contributed by atoms with Gasteiger partial charge in [-0.15, -0.1) is 0 Å². The molecule has 2 aromatic rings. The molecule has 0 aliphatic heterocycles. The summed E-state index contributed by atoms with van der Waals surface area (Å²) in [5.41, 5.74) is 2.88. The summed E-state index contributed by atoms with van der Waals surface area (Å²) in [5.74, 6) is -0.844. The van der Waals surface area contributed by atoms with Crippen molar-refractivity contribution < 1.29 is 18.0 Å². The van der Waals surface area contributed by atoms with Gasteiger partial charge < -0.3 is 10.2 Å². The molecule has 35 heavy (non-hydrogen) atoms. The summed E-state index contributed by atoms with van der Waals surface area (Å²) in [6.07, 6.45) is 1.39. The Bertz CT molecular complexity index is 1190. The molecule has 2 aromatic carbocycles. The topological polar surface area (TPSA) is 86.8 Å². The van der Waals surface area contributed by atoms with Crippen molar-refractivity contribution in [3.05, 3.63) is 63.1 Å². The number of aryl methyl sites for hydroxylation is 2. The Hall–Kier alpha value is -2.29. The average Bonchev–Trinajstić information content (AvgIpc) is 2.74. The maximum atomic E-state index is 13.7. The molecule has 0 bridgehead atoms. The third-order valence-electron chi connectivity index (χ3n) is 5.63. The molecule has 2 amide bonds. The van der Waals surface area contributed by atoms with E-state index in [4.69, 9.17) is 23.2 Å². The highest BCUT2D eigenvalue weighted by Gasteiger charge is 2.32. The molecule has 2 rings (SSSR count). The summed E-state index contributed by atoms with van der Waals surface area (Å²) in [6, 6.07) is 9.16. The second kappa shape index (κ2) is 12.1. The lowest BCUT2D eigenvalue weighted by Crippen LogP contribution is -2.53. The Labute approximate surface area is 218 Å². The zero-order chi connectivity index (χ0) is 26.5. The molecule has 0 saturated carbocycles. The highest BCUT2D eigenvalue weighted by Crippen LogP contribution is 2.25. The van der Waals surface area contributed by atoms with Crippen molar-refractivity contribution in [1.82, 2.24) is 10.2 Å². The third-order valence-corrected chi connectivity index (χ3v) is 7.36. The number of anilines is 1. The van der Waals surface area contributed by atoms with E-state index in [1.165, 1.54) is 4.90 Å². The van der Waals surface area contributed by atoms with E-state index in [0.29, 0.717) is 27.7 Å². The molecule has 0 aliphatic rings. The van der Waals surface area contributed by atoms with Gasteiger partial charge in [0.25, 0.3) is 0 Å². The lowest BCUT2D eigenvalue weighted by Gasteiger charge is -2.33. The van der Waals surface area contributed by atoms with Gasteiger partial charge in [-0.2, -0.15) is 0 Å². The quantitative estimate of drug-likeness (QED) is 0.471. The van der Waals surface area contributed by atoms with E-state index < -0.39 is 28.5 Å². The minimum Gasteiger partial charge on any atom is -0.352 e. The zero-order valence-electron chi connectivity index (χ0n) is 20.9. The Morgan fingerprint density at radius 1 is 1.03 bits per heavy atom. The van der Waals surface area contributed by atoms with Gasteiger partial charge in [0.2, 0.25) is 21.8 Å². The predicted octanol–water partition coefficient (Wildman–Crippen LogP) is 4.71. The van der Waals surface area contributed by atoms with Crippen molar-refractivity contribution in [3.8, 4) is 0 Å². The van der Waals surface area contributed by atoms with Crippen molar-refractivity contribution in [1.29, 1.82) is 0 Å². The number of halogens is 2. The number of amides is 2. The molecule has 1 N–H and O–H groups in total. The Balaban J connectivity index is 2.50. The maximum absolute atomic E-state index is 13.7. The number of hydrogen-bond acceptors (Lipinski definition) is 4. The van der Waals surface area contributed by atoms with Crippen LogP contribution in [0.2, 0.25) is 10.0 Å². The van der Waals surface area contributed by atoms with Crippen molar-refractivity contribution in [2.45, 2.75) is 59.7 Å². The highest BCUT2D eigenvalue weighted by atomic mass is 35.5. The summed E-state index contributed by atoms with van der Waals surface area (Å²) >= 11 is 12.4. The van der Waals surface area contributed by atoms with E-state index >= 15 is 0 Å². The molecule has 10 heteroatoms. The largest absolute Gasteiger partial charge is 0.352 e. The molecule has 0 fully saturated rings. The van der Waals surface area contributed by atoms with E-state index in [-0.39, 0.29) is 18.5 Å². The van der Waals surface area contributed by atoms with Gasteiger partial charge in [0.15, 0.2) is 0 Å². The van der Waals surface area contributed by atoms with Crippen molar-refractivity contribution in [2.24, 2.45) is 0 Å². The molecule has 0 spiro atoms. The van der Waals surface area contributed by atoms with Crippen LogP contribution in [0.5, 0.6) is 0 Å². The second-order valence-corrected chi connectivity index (χ2v) is 11.6. The lowest BCUT2D eigenvalue weighted by atomic mass is 10.1. The SMILES string of the molecule is CC[C@@H](C(=O)NC(C)C)N(Cc1ccc(Cl)cc1Cl)C(=O)CN(c1ccc(C)c(C)c1)S(C)(=O)=O. The van der Waals surface area contributed by atoms with Crippen molar-refractivity contribution in [3.63, 3.8) is 0 Å². The second-order valence-electron chi connectivity index (χ2n) is 8.88. The summed E-state index contributed by atoms with van der Waals surface area (Å²) in [4.78, 5) is 28.1. The fourth-order valence-electron chi connectivity index (χ4n) is 3.63. The summed E-state index contributed by atoms with van der Waals surface area (Å²) in [5, 5.41) is 3.64.